The van der Waals surface area contributed by atoms with Gasteiger partial charge in [0.15, 0.2) is 0 Å². The van der Waals surface area contributed by atoms with Crippen LogP contribution >= 0.6 is 0 Å². The third kappa shape index (κ3) is 15.3. The van der Waals surface area contributed by atoms with Gasteiger partial charge < -0.3 is 23.8 Å². The van der Waals surface area contributed by atoms with Crippen LogP contribution in [0.2, 0.25) is 0 Å². The maximum absolute atomic E-state index is 10.4. The van der Waals surface area contributed by atoms with Crippen LogP contribution in [0.5, 0.6) is 0 Å². The molecule has 0 saturated heterocycles. The predicted octanol–water partition coefficient (Wildman–Crippen LogP) is 0.161. The molecule has 0 rings (SSSR count). The zero-order chi connectivity index (χ0) is 13.6. The van der Waals surface area contributed by atoms with Gasteiger partial charge in [0.05, 0.1) is 39.6 Å². The summed E-state index contributed by atoms with van der Waals surface area (Å²) in [5, 5.41) is 0. The molecule has 108 valence electrons. The Morgan fingerprint density at radius 3 is 1.72 bits per heavy atom. The van der Waals surface area contributed by atoms with Crippen LogP contribution in [0, 0.1) is 0 Å². The van der Waals surface area contributed by atoms with E-state index in [9.17, 15) is 4.79 Å². The molecule has 0 aromatic rings. The van der Waals surface area contributed by atoms with Crippen molar-refractivity contribution in [1.29, 1.82) is 0 Å². The van der Waals surface area contributed by atoms with E-state index in [-0.39, 0.29) is 5.97 Å². The van der Waals surface area contributed by atoms with Crippen LogP contribution in [0.3, 0.4) is 0 Å². The van der Waals surface area contributed by atoms with Gasteiger partial charge in [-0.15, -0.1) is 0 Å². The van der Waals surface area contributed by atoms with Crippen molar-refractivity contribution >= 4 is 5.97 Å². The van der Waals surface area contributed by atoms with E-state index in [0.717, 1.165) is 13.2 Å². The SMILES string of the molecule is CC(=O)OCCOCCOCCOCCN(C)C. The van der Waals surface area contributed by atoms with Crippen LogP contribution in [-0.2, 0) is 23.7 Å². The number of hydrogen-bond acceptors (Lipinski definition) is 6. The highest BCUT2D eigenvalue weighted by atomic mass is 16.6. The van der Waals surface area contributed by atoms with Crippen molar-refractivity contribution in [2.24, 2.45) is 0 Å². The lowest BCUT2D eigenvalue weighted by molar-refractivity contribution is -0.142. The highest BCUT2D eigenvalue weighted by Gasteiger charge is 1.94. The molecular weight excluding hydrogens is 238 g/mol. The molecule has 0 N–H and O–H groups in total. The van der Waals surface area contributed by atoms with Crippen molar-refractivity contribution in [3.05, 3.63) is 0 Å². The quantitative estimate of drug-likeness (QED) is 0.369. The van der Waals surface area contributed by atoms with E-state index in [1.165, 1.54) is 6.92 Å². The Morgan fingerprint density at radius 2 is 1.28 bits per heavy atom. The molecule has 0 bridgehead atoms. The van der Waals surface area contributed by atoms with E-state index in [4.69, 9.17) is 18.9 Å². The fraction of sp³-hybridized carbons (Fsp3) is 0.917. The molecule has 0 radical (unpaired) electrons. The van der Waals surface area contributed by atoms with Crippen LogP contribution in [0.1, 0.15) is 6.92 Å². The molecule has 6 nitrogen and oxygen atoms in total. The standard InChI is InChI=1S/C12H25NO5/c1-12(14)18-11-10-17-9-8-16-7-6-15-5-4-13(2)3/h4-11H2,1-3H3. The Morgan fingerprint density at radius 1 is 0.833 bits per heavy atom. The zero-order valence-corrected chi connectivity index (χ0v) is 11.6. The van der Waals surface area contributed by atoms with Crippen molar-refractivity contribution < 1.29 is 23.7 Å². The molecule has 0 aliphatic carbocycles. The molecule has 0 saturated carbocycles. The molecule has 0 aromatic carbocycles. The molecule has 6 heteroatoms. The van der Waals surface area contributed by atoms with Crippen LogP contribution in [0.4, 0.5) is 0 Å². The van der Waals surface area contributed by atoms with Crippen molar-refractivity contribution in [3.8, 4) is 0 Å². The topological polar surface area (TPSA) is 57.2 Å². The molecular formula is C12H25NO5. The fourth-order valence-electron chi connectivity index (χ4n) is 1.03. The number of carbonyl (C=O) groups is 1. The lowest BCUT2D eigenvalue weighted by Crippen LogP contribution is -2.19. The van der Waals surface area contributed by atoms with E-state index >= 15 is 0 Å². The summed E-state index contributed by atoms with van der Waals surface area (Å²) < 4.78 is 20.5. The summed E-state index contributed by atoms with van der Waals surface area (Å²) in [5.74, 6) is -0.287. The summed E-state index contributed by atoms with van der Waals surface area (Å²) in [6.45, 7) is 5.90. The van der Waals surface area contributed by atoms with Crippen molar-refractivity contribution in [1.82, 2.24) is 4.90 Å². The number of hydrogen-bond donors (Lipinski definition) is 0. The first-order valence-electron chi connectivity index (χ1n) is 6.14. The first-order valence-corrected chi connectivity index (χ1v) is 6.14. The van der Waals surface area contributed by atoms with Crippen molar-refractivity contribution in [2.45, 2.75) is 6.92 Å². The minimum absolute atomic E-state index is 0.287. The normalized spacial score (nSPS) is 10.9. The van der Waals surface area contributed by atoms with Gasteiger partial charge in [-0.2, -0.15) is 0 Å². The molecule has 0 aromatic heterocycles. The Hall–Kier alpha value is -0.690. The van der Waals surface area contributed by atoms with E-state index in [1.54, 1.807) is 0 Å². The molecule has 0 fully saturated rings. The number of nitrogens with zero attached hydrogens (tertiary/aromatic N) is 1. The Kier molecular flexibility index (Phi) is 12.3. The number of carbonyl (C=O) groups excluding carboxylic acids is 1. The summed E-state index contributed by atoms with van der Waals surface area (Å²) in [5.41, 5.74) is 0. The van der Waals surface area contributed by atoms with Crippen molar-refractivity contribution in [2.75, 3.05) is 66.9 Å². The predicted molar refractivity (Wildman–Crippen MR) is 67.6 cm³/mol. The summed E-state index contributed by atoms with van der Waals surface area (Å²) in [7, 11) is 4.01. The molecule has 0 unspecified atom stereocenters. The maximum Gasteiger partial charge on any atom is 0.302 e. The van der Waals surface area contributed by atoms with Gasteiger partial charge >= 0.3 is 5.97 Å². The Bertz CT molecular complexity index is 199. The van der Waals surface area contributed by atoms with Gasteiger partial charge in [0.1, 0.15) is 6.61 Å². The van der Waals surface area contributed by atoms with Gasteiger partial charge in [0, 0.05) is 13.5 Å². The van der Waals surface area contributed by atoms with Crippen LogP contribution in [0.15, 0.2) is 0 Å². The van der Waals surface area contributed by atoms with Gasteiger partial charge in [-0.3, -0.25) is 4.79 Å². The number of esters is 1. The zero-order valence-electron chi connectivity index (χ0n) is 11.6. The number of likely N-dealkylation sites (N-methyl/N-ethyl adjacent to an activating group) is 1. The van der Waals surface area contributed by atoms with E-state index < -0.39 is 0 Å². The minimum atomic E-state index is -0.287. The van der Waals surface area contributed by atoms with Gasteiger partial charge in [-0.25, -0.2) is 0 Å². The van der Waals surface area contributed by atoms with E-state index in [0.29, 0.717) is 39.6 Å². The fourth-order valence-corrected chi connectivity index (χ4v) is 1.03. The third-order valence-electron chi connectivity index (χ3n) is 1.96. The van der Waals surface area contributed by atoms with Gasteiger partial charge in [0.25, 0.3) is 0 Å². The van der Waals surface area contributed by atoms with Crippen LogP contribution < -0.4 is 0 Å². The number of rotatable bonds is 12. The monoisotopic (exact) mass is 263 g/mol. The molecule has 0 atom stereocenters. The van der Waals surface area contributed by atoms with Crippen molar-refractivity contribution in [3.63, 3.8) is 0 Å². The summed E-state index contributed by atoms with van der Waals surface area (Å²) >= 11 is 0. The van der Waals surface area contributed by atoms with Gasteiger partial charge in [-0.05, 0) is 14.1 Å². The summed E-state index contributed by atoms with van der Waals surface area (Å²) in [4.78, 5) is 12.5. The Labute approximate surface area is 109 Å². The summed E-state index contributed by atoms with van der Waals surface area (Å²) in [6, 6.07) is 0. The lowest BCUT2D eigenvalue weighted by Gasteiger charge is -2.10. The second-order valence-electron chi connectivity index (χ2n) is 3.98. The molecule has 0 aliphatic heterocycles. The minimum Gasteiger partial charge on any atom is -0.463 e. The summed E-state index contributed by atoms with van der Waals surface area (Å²) in [6.07, 6.45) is 0. The van der Waals surface area contributed by atoms with Gasteiger partial charge in [0.2, 0.25) is 0 Å². The number of ether oxygens (including phenoxy) is 4. The lowest BCUT2D eigenvalue weighted by atomic mass is 10.6. The van der Waals surface area contributed by atoms with E-state index in [1.807, 2.05) is 14.1 Å². The molecule has 0 heterocycles. The first kappa shape index (κ1) is 17.3. The smallest absolute Gasteiger partial charge is 0.302 e. The highest BCUT2D eigenvalue weighted by Crippen LogP contribution is 1.83. The molecule has 0 aliphatic rings. The molecule has 0 spiro atoms. The largest absolute Gasteiger partial charge is 0.463 e. The average Bonchev–Trinajstić information content (AvgIpc) is 2.29. The average molecular weight is 263 g/mol. The second kappa shape index (κ2) is 12.8. The molecule has 0 amide bonds. The first-order chi connectivity index (χ1) is 8.63. The second-order valence-corrected chi connectivity index (χ2v) is 3.98. The third-order valence-corrected chi connectivity index (χ3v) is 1.96. The van der Waals surface area contributed by atoms with Gasteiger partial charge in [-0.1, -0.05) is 0 Å². The maximum atomic E-state index is 10.4. The highest BCUT2D eigenvalue weighted by molar-refractivity contribution is 5.65. The van der Waals surface area contributed by atoms with Crippen LogP contribution in [0.25, 0.3) is 0 Å². The van der Waals surface area contributed by atoms with Crippen LogP contribution in [-0.4, -0.2) is 77.8 Å². The Balaban J connectivity index is 2.97. The molecule has 18 heavy (non-hydrogen) atoms. The van der Waals surface area contributed by atoms with E-state index in [2.05, 4.69) is 4.90 Å².